The topological polar surface area (TPSA) is 123 Å². The molecular formula is C12H16N2O5. The summed E-state index contributed by atoms with van der Waals surface area (Å²) in [5, 5.41) is 11.2. The van der Waals surface area contributed by atoms with Crippen LogP contribution in [0.25, 0.3) is 0 Å². The molecule has 0 aromatic carbocycles. The van der Waals surface area contributed by atoms with E-state index in [-0.39, 0.29) is 5.56 Å². The quantitative estimate of drug-likeness (QED) is 0.707. The molecule has 19 heavy (non-hydrogen) atoms. The molecule has 0 aliphatic rings. The van der Waals surface area contributed by atoms with Gasteiger partial charge >= 0.3 is 5.97 Å². The van der Waals surface area contributed by atoms with E-state index < -0.39 is 30.2 Å². The lowest BCUT2D eigenvalue weighted by molar-refractivity contribution is -0.140. The Bertz CT molecular complexity index is 532. The number of rotatable bonds is 5. The number of aliphatic carboxylic acids is 1. The zero-order valence-electron chi connectivity index (χ0n) is 10.9. The highest BCUT2D eigenvalue weighted by Crippen LogP contribution is 2.20. The molecule has 7 nitrogen and oxygen atoms in total. The van der Waals surface area contributed by atoms with Gasteiger partial charge in [-0.25, -0.2) is 4.79 Å². The molecule has 104 valence electrons. The van der Waals surface area contributed by atoms with Crippen LogP contribution in [0.3, 0.4) is 0 Å². The third-order valence-electron chi connectivity index (χ3n) is 2.80. The summed E-state index contributed by atoms with van der Waals surface area (Å²) >= 11 is 0. The van der Waals surface area contributed by atoms with Crippen molar-refractivity contribution in [3.63, 3.8) is 0 Å². The number of carboxylic acid groups (broad SMARTS) is 1. The molecule has 1 aromatic rings. The largest absolute Gasteiger partial charge is 0.480 e. The number of nitrogens with two attached hydrogens (primary N) is 1. The second kappa shape index (κ2) is 5.55. The molecule has 1 heterocycles. The third-order valence-corrected chi connectivity index (χ3v) is 2.80. The summed E-state index contributed by atoms with van der Waals surface area (Å²) < 4.78 is 5.29. The maximum absolute atomic E-state index is 12.0. The highest BCUT2D eigenvalue weighted by atomic mass is 16.4. The van der Waals surface area contributed by atoms with Crippen molar-refractivity contribution < 1.29 is 23.9 Å². The van der Waals surface area contributed by atoms with Crippen molar-refractivity contribution in [2.75, 3.05) is 0 Å². The average molecular weight is 268 g/mol. The average Bonchev–Trinajstić information content (AvgIpc) is 2.51. The zero-order chi connectivity index (χ0) is 14.7. The van der Waals surface area contributed by atoms with E-state index in [1.165, 1.54) is 0 Å². The number of carbonyl (C=O) groups is 3. The van der Waals surface area contributed by atoms with Gasteiger partial charge in [0.15, 0.2) is 0 Å². The number of furan rings is 1. The molecular weight excluding hydrogens is 252 g/mol. The van der Waals surface area contributed by atoms with Crippen LogP contribution in [0.4, 0.5) is 0 Å². The number of hydrogen-bond acceptors (Lipinski definition) is 4. The Balaban J connectivity index is 2.94. The number of amides is 2. The fourth-order valence-corrected chi connectivity index (χ4v) is 1.76. The van der Waals surface area contributed by atoms with Gasteiger partial charge in [0.1, 0.15) is 17.6 Å². The van der Waals surface area contributed by atoms with E-state index in [1.54, 1.807) is 20.8 Å². The molecule has 0 saturated heterocycles. The van der Waals surface area contributed by atoms with E-state index in [0.717, 1.165) is 0 Å². The monoisotopic (exact) mass is 268 g/mol. The van der Waals surface area contributed by atoms with Crippen LogP contribution in [-0.4, -0.2) is 28.9 Å². The van der Waals surface area contributed by atoms with Crippen LogP contribution in [0.1, 0.15) is 33.9 Å². The standard InChI is InChI=1S/C12H16N2O5/c1-5-6(2)19-7(3)10(5)11(16)14-8(12(17)18)4-9(13)15/h8H,4H2,1-3H3,(H2,13,15)(H,14,16)(H,17,18). The minimum atomic E-state index is -1.35. The number of nitrogens with one attached hydrogen (secondary N) is 1. The Morgan fingerprint density at radius 2 is 1.84 bits per heavy atom. The van der Waals surface area contributed by atoms with Crippen molar-refractivity contribution in [1.29, 1.82) is 0 Å². The van der Waals surface area contributed by atoms with E-state index in [9.17, 15) is 14.4 Å². The maximum Gasteiger partial charge on any atom is 0.326 e. The van der Waals surface area contributed by atoms with E-state index in [2.05, 4.69) is 5.32 Å². The summed E-state index contributed by atoms with van der Waals surface area (Å²) in [7, 11) is 0. The lowest BCUT2D eigenvalue weighted by atomic mass is 10.1. The number of aryl methyl sites for hydroxylation is 2. The van der Waals surface area contributed by atoms with Crippen molar-refractivity contribution >= 4 is 17.8 Å². The maximum atomic E-state index is 12.0. The predicted octanol–water partition coefficient (Wildman–Crippen LogP) is 0.263. The Kier molecular flexibility index (Phi) is 4.31. The lowest BCUT2D eigenvalue weighted by Gasteiger charge is -2.12. The van der Waals surface area contributed by atoms with Gasteiger partial charge in [-0.3, -0.25) is 9.59 Å². The molecule has 0 fully saturated rings. The van der Waals surface area contributed by atoms with Gasteiger partial charge < -0.3 is 20.6 Å². The van der Waals surface area contributed by atoms with Gasteiger partial charge in [0.2, 0.25) is 5.91 Å². The summed E-state index contributed by atoms with van der Waals surface area (Å²) in [5.41, 5.74) is 5.86. The molecule has 0 radical (unpaired) electrons. The first-order chi connectivity index (χ1) is 8.73. The molecule has 0 aliphatic heterocycles. The van der Waals surface area contributed by atoms with Crippen molar-refractivity contribution in [2.45, 2.75) is 33.2 Å². The minimum Gasteiger partial charge on any atom is -0.480 e. The molecule has 2 amide bonds. The van der Waals surface area contributed by atoms with Crippen LogP contribution >= 0.6 is 0 Å². The van der Waals surface area contributed by atoms with Gasteiger partial charge in [-0.2, -0.15) is 0 Å². The second-order valence-electron chi connectivity index (χ2n) is 4.25. The predicted molar refractivity (Wildman–Crippen MR) is 65.6 cm³/mol. The van der Waals surface area contributed by atoms with Crippen LogP contribution in [0.15, 0.2) is 4.42 Å². The Morgan fingerprint density at radius 1 is 1.26 bits per heavy atom. The summed E-state index contributed by atoms with van der Waals surface area (Å²) in [6, 6.07) is -1.35. The number of primary amides is 1. The zero-order valence-corrected chi connectivity index (χ0v) is 10.9. The van der Waals surface area contributed by atoms with Crippen molar-refractivity contribution in [3.8, 4) is 0 Å². The van der Waals surface area contributed by atoms with Gasteiger partial charge in [0, 0.05) is 5.56 Å². The van der Waals surface area contributed by atoms with Gasteiger partial charge in [-0.1, -0.05) is 0 Å². The Morgan fingerprint density at radius 3 is 2.21 bits per heavy atom. The molecule has 7 heteroatoms. The van der Waals surface area contributed by atoms with Gasteiger partial charge in [0.25, 0.3) is 5.91 Å². The molecule has 4 N–H and O–H groups in total. The number of carbonyl (C=O) groups excluding carboxylic acids is 2. The molecule has 0 bridgehead atoms. The fraction of sp³-hybridized carbons (Fsp3) is 0.417. The van der Waals surface area contributed by atoms with E-state index in [0.29, 0.717) is 17.1 Å². The highest BCUT2D eigenvalue weighted by molar-refractivity contribution is 5.99. The molecule has 1 unspecified atom stereocenters. The lowest BCUT2D eigenvalue weighted by Crippen LogP contribution is -2.43. The Hall–Kier alpha value is -2.31. The number of hydrogen-bond donors (Lipinski definition) is 3. The number of carboxylic acids is 1. The van der Waals surface area contributed by atoms with E-state index in [1.807, 2.05) is 0 Å². The molecule has 1 rings (SSSR count). The second-order valence-corrected chi connectivity index (χ2v) is 4.25. The molecule has 1 aromatic heterocycles. The SMILES string of the molecule is Cc1oc(C)c(C(=O)NC(CC(N)=O)C(=O)O)c1C. The van der Waals surface area contributed by atoms with Crippen LogP contribution < -0.4 is 11.1 Å². The smallest absolute Gasteiger partial charge is 0.326 e. The van der Waals surface area contributed by atoms with Gasteiger partial charge in [-0.15, -0.1) is 0 Å². The van der Waals surface area contributed by atoms with E-state index >= 15 is 0 Å². The molecule has 0 saturated carbocycles. The first-order valence-corrected chi connectivity index (χ1v) is 5.62. The first-order valence-electron chi connectivity index (χ1n) is 5.62. The van der Waals surface area contributed by atoms with Crippen LogP contribution in [0.2, 0.25) is 0 Å². The van der Waals surface area contributed by atoms with Crippen LogP contribution in [-0.2, 0) is 9.59 Å². The summed E-state index contributed by atoms with van der Waals surface area (Å²) in [6.07, 6.45) is -0.462. The van der Waals surface area contributed by atoms with Gasteiger partial charge in [0.05, 0.1) is 12.0 Å². The third kappa shape index (κ3) is 3.34. The van der Waals surface area contributed by atoms with Crippen molar-refractivity contribution in [2.24, 2.45) is 5.73 Å². The van der Waals surface area contributed by atoms with Crippen LogP contribution in [0, 0.1) is 20.8 Å². The molecule has 1 atom stereocenters. The first kappa shape index (κ1) is 14.7. The molecule has 0 spiro atoms. The van der Waals surface area contributed by atoms with E-state index in [4.69, 9.17) is 15.3 Å². The van der Waals surface area contributed by atoms with Gasteiger partial charge in [-0.05, 0) is 20.8 Å². The normalized spacial score (nSPS) is 11.9. The highest BCUT2D eigenvalue weighted by Gasteiger charge is 2.26. The summed E-state index contributed by atoms with van der Waals surface area (Å²) in [4.78, 5) is 33.7. The van der Waals surface area contributed by atoms with Crippen molar-refractivity contribution in [1.82, 2.24) is 5.32 Å². The summed E-state index contributed by atoms with van der Waals surface area (Å²) in [5.74, 6) is -1.73. The molecule has 0 aliphatic carbocycles. The Labute approximate surface area is 109 Å². The summed E-state index contributed by atoms with van der Waals surface area (Å²) in [6.45, 7) is 5.01. The van der Waals surface area contributed by atoms with Crippen LogP contribution in [0.5, 0.6) is 0 Å². The minimum absolute atomic E-state index is 0.285. The fourth-order valence-electron chi connectivity index (χ4n) is 1.76. The van der Waals surface area contributed by atoms with Crippen molar-refractivity contribution in [3.05, 3.63) is 22.6 Å².